The fourth-order valence-electron chi connectivity index (χ4n) is 2.58. The maximum Gasteiger partial charge on any atom is 0.471 e. The van der Waals surface area contributed by atoms with Crippen LogP contribution in [-0.4, -0.2) is 42.5 Å². The molecule has 1 saturated heterocycles. The number of amides is 2. The fourth-order valence-corrected chi connectivity index (χ4v) is 2.78. The van der Waals surface area contributed by atoms with Gasteiger partial charge in [0.15, 0.2) is 0 Å². The quantitative estimate of drug-likeness (QED) is 0.822. The van der Waals surface area contributed by atoms with E-state index in [9.17, 15) is 22.8 Å². The van der Waals surface area contributed by atoms with E-state index in [0.29, 0.717) is 31.0 Å². The Morgan fingerprint density at radius 3 is 2.56 bits per heavy atom. The first-order valence-electron chi connectivity index (χ1n) is 7.83. The first kappa shape index (κ1) is 19.3. The van der Waals surface area contributed by atoms with Crippen molar-refractivity contribution in [2.45, 2.75) is 19.0 Å². The molecule has 0 aliphatic carbocycles. The Morgan fingerprint density at radius 1 is 1.28 bits per heavy atom. The third-order valence-electron chi connectivity index (χ3n) is 4.00. The smallest absolute Gasteiger partial charge is 0.348 e. The highest BCUT2D eigenvalue weighted by Crippen LogP contribution is 2.19. The van der Waals surface area contributed by atoms with E-state index in [4.69, 9.17) is 11.6 Å². The van der Waals surface area contributed by atoms with E-state index in [-0.39, 0.29) is 18.4 Å². The number of carbonyl (C=O) groups is 2. The molecule has 25 heavy (non-hydrogen) atoms. The molecule has 4 nitrogen and oxygen atoms in total. The van der Waals surface area contributed by atoms with E-state index in [1.54, 1.807) is 29.2 Å². The molecule has 1 N–H and O–H groups in total. The number of benzene rings is 1. The third kappa shape index (κ3) is 6.08. The average Bonchev–Trinajstić information content (AvgIpc) is 2.57. The number of piperidine rings is 1. The lowest BCUT2D eigenvalue weighted by Crippen LogP contribution is -2.43. The van der Waals surface area contributed by atoms with E-state index in [2.05, 4.69) is 0 Å². The summed E-state index contributed by atoms with van der Waals surface area (Å²) < 4.78 is 36.4. The molecule has 1 aromatic carbocycles. The Morgan fingerprint density at radius 2 is 1.96 bits per heavy atom. The number of halogens is 4. The second-order valence-electron chi connectivity index (χ2n) is 5.86. The SMILES string of the molecule is O=C(/C=C/c1cccc(Cl)c1)N1CCC(CNC(=O)C(F)(F)F)CC1. The summed E-state index contributed by atoms with van der Waals surface area (Å²) in [6, 6.07) is 7.09. The molecule has 0 spiro atoms. The van der Waals surface area contributed by atoms with Crippen LogP contribution in [-0.2, 0) is 9.59 Å². The Balaban J connectivity index is 1.77. The molecule has 1 aliphatic heterocycles. The molecule has 0 unspecified atom stereocenters. The van der Waals surface area contributed by atoms with E-state index < -0.39 is 12.1 Å². The molecule has 0 bridgehead atoms. The van der Waals surface area contributed by atoms with Crippen LogP contribution in [0.3, 0.4) is 0 Å². The number of carbonyl (C=O) groups excluding carboxylic acids is 2. The van der Waals surface area contributed by atoms with Crippen molar-refractivity contribution in [2.75, 3.05) is 19.6 Å². The molecule has 0 saturated carbocycles. The lowest BCUT2D eigenvalue weighted by Gasteiger charge is -2.31. The van der Waals surface area contributed by atoms with Crippen molar-refractivity contribution in [3.05, 3.63) is 40.9 Å². The van der Waals surface area contributed by atoms with E-state index >= 15 is 0 Å². The average molecular weight is 375 g/mol. The fraction of sp³-hybridized carbons (Fsp3) is 0.412. The first-order valence-corrected chi connectivity index (χ1v) is 8.21. The minimum Gasteiger partial charge on any atom is -0.348 e. The molecule has 2 rings (SSSR count). The van der Waals surface area contributed by atoms with E-state index in [0.717, 1.165) is 5.56 Å². The zero-order valence-electron chi connectivity index (χ0n) is 13.4. The van der Waals surface area contributed by atoms with Crippen LogP contribution in [0.4, 0.5) is 13.2 Å². The van der Waals surface area contributed by atoms with Gasteiger partial charge < -0.3 is 10.2 Å². The standard InChI is InChI=1S/C17H18ClF3N2O2/c18-14-3-1-2-12(10-14)4-5-15(24)23-8-6-13(7-9-23)11-22-16(25)17(19,20)21/h1-5,10,13H,6-9,11H2,(H,22,25)/b5-4+. The molecule has 8 heteroatoms. The van der Waals surface area contributed by atoms with Crippen LogP contribution in [0.15, 0.2) is 30.3 Å². The highest BCUT2D eigenvalue weighted by Gasteiger charge is 2.38. The van der Waals surface area contributed by atoms with Crippen molar-refractivity contribution < 1.29 is 22.8 Å². The number of hydrogen-bond donors (Lipinski definition) is 1. The van der Waals surface area contributed by atoms with Gasteiger partial charge >= 0.3 is 12.1 Å². The van der Waals surface area contributed by atoms with Gasteiger partial charge in [0, 0.05) is 30.7 Å². The number of alkyl halides is 3. The monoisotopic (exact) mass is 374 g/mol. The molecular formula is C17H18ClF3N2O2. The van der Waals surface area contributed by atoms with Gasteiger partial charge in [-0.05, 0) is 42.5 Å². The molecule has 0 radical (unpaired) electrons. The molecule has 1 aliphatic rings. The van der Waals surface area contributed by atoms with Crippen molar-refractivity contribution in [3.63, 3.8) is 0 Å². The van der Waals surface area contributed by atoms with Crippen LogP contribution >= 0.6 is 11.6 Å². The van der Waals surface area contributed by atoms with Crippen LogP contribution < -0.4 is 5.32 Å². The number of nitrogens with zero attached hydrogens (tertiary/aromatic N) is 1. The first-order chi connectivity index (χ1) is 11.8. The van der Waals surface area contributed by atoms with Crippen LogP contribution in [0.1, 0.15) is 18.4 Å². The number of likely N-dealkylation sites (tertiary alicyclic amines) is 1. The van der Waals surface area contributed by atoms with Gasteiger partial charge in [0.25, 0.3) is 0 Å². The van der Waals surface area contributed by atoms with Gasteiger partial charge in [-0.1, -0.05) is 23.7 Å². The van der Waals surface area contributed by atoms with E-state index in [1.807, 2.05) is 11.4 Å². The number of nitrogens with one attached hydrogen (secondary N) is 1. The molecule has 136 valence electrons. The summed E-state index contributed by atoms with van der Waals surface area (Å²) in [6.45, 7) is 0.870. The van der Waals surface area contributed by atoms with Crippen molar-refractivity contribution in [1.29, 1.82) is 0 Å². The van der Waals surface area contributed by atoms with Crippen molar-refractivity contribution in [1.82, 2.24) is 10.2 Å². The predicted molar refractivity (Wildman–Crippen MR) is 88.9 cm³/mol. The maximum atomic E-state index is 12.1. The summed E-state index contributed by atoms with van der Waals surface area (Å²) in [4.78, 5) is 24.6. The lowest BCUT2D eigenvalue weighted by molar-refractivity contribution is -0.173. The Bertz CT molecular complexity index is 654. The molecular weight excluding hydrogens is 357 g/mol. The molecule has 0 atom stereocenters. The second kappa shape index (κ2) is 8.38. The van der Waals surface area contributed by atoms with Crippen LogP contribution in [0.5, 0.6) is 0 Å². The summed E-state index contributed by atoms with van der Waals surface area (Å²) in [5, 5.41) is 2.47. The van der Waals surface area contributed by atoms with Gasteiger partial charge in [0.1, 0.15) is 0 Å². The molecule has 1 heterocycles. The molecule has 2 amide bonds. The minimum absolute atomic E-state index is 0.0290. The minimum atomic E-state index is -4.86. The highest BCUT2D eigenvalue weighted by atomic mass is 35.5. The third-order valence-corrected chi connectivity index (χ3v) is 4.24. The van der Waals surface area contributed by atoms with Crippen LogP contribution in [0.25, 0.3) is 6.08 Å². The van der Waals surface area contributed by atoms with Gasteiger partial charge in [-0.15, -0.1) is 0 Å². The molecule has 0 aromatic heterocycles. The number of hydrogen-bond acceptors (Lipinski definition) is 2. The second-order valence-corrected chi connectivity index (χ2v) is 6.30. The molecule has 1 aromatic rings. The van der Waals surface area contributed by atoms with Crippen LogP contribution in [0, 0.1) is 5.92 Å². The predicted octanol–water partition coefficient (Wildman–Crippen LogP) is 3.27. The summed E-state index contributed by atoms with van der Waals surface area (Å²) in [5.41, 5.74) is 0.811. The molecule has 1 fully saturated rings. The zero-order valence-corrected chi connectivity index (χ0v) is 14.1. The topological polar surface area (TPSA) is 49.4 Å². The van der Waals surface area contributed by atoms with Crippen molar-refractivity contribution >= 4 is 29.5 Å². The summed E-state index contributed by atoms with van der Waals surface area (Å²) >= 11 is 5.88. The van der Waals surface area contributed by atoms with Gasteiger partial charge in [0.05, 0.1) is 0 Å². The Labute approximate surface area is 148 Å². The van der Waals surface area contributed by atoms with Crippen molar-refractivity contribution in [2.24, 2.45) is 5.92 Å². The Hall–Kier alpha value is -2.02. The van der Waals surface area contributed by atoms with Gasteiger partial charge in [-0.3, -0.25) is 9.59 Å². The maximum absolute atomic E-state index is 12.1. The normalized spacial score (nSPS) is 16.2. The lowest BCUT2D eigenvalue weighted by atomic mass is 9.96. The van der Waals surface area contributed by atoms with Crippen LogP contribution in [0.2, 0.25) is 5.02 Å². The summed E-state index contributed by atoms with van der Waals surface area (Å²) in [5.74, 6) is -2.14. The van der Waals surface area contributed by atoms with Crippen molar-refractivity contribution in [3.8, 4) is 0 Å². The number of rotatable bonds is 4. The summed E-state index contributed by atoms with van der Waals surface area (Å²) in [6.07, 6.45) is -0.632. The van der Waals surface area contributed by atoms with Gasteiger partial charge in [-0.2, -0.15) is 13.2 Å². The zero-order chi connectivity index (χ0) is 18.4. The van der Waals surface area contributed by atoms with Gasteiger partial charge in [0.2, 0.25) is 5.91 Å². The highest BCUT2D eigenvalue weighted by molar-refractivity contribution is 6.30. The van der Waals surface area contributed by atoms with E-state index in [1.165, 1.54) is 6.08 Å². The summed E-state index contributed by atoms with van der Waals surface area (Å²) in [7, 11) is 0. The Kier molecular flexibility index (Phi) is 6.47. The van der Waals surface area contributed by atoms with Gasteiger partial charge in [-0.25, -0.2) is 0 Å². The largest absolute Gasteiger partial charge is 0.471 e.